The Morgan fingerprint density at radius 2 is 2.20 bits per heavy atom. The molecule has 102 valence electrons. The van der Waals surface area contributed by atoms with Gasteiger partial charge in [0, 0.05) is 26.3 Å². The maximum Gasteiger partial charge on any atom is 0.0702 e. The Bertz CT molecular complexity index is 723. The molecule has 0 bridgehead atoms. The number of thiophene rings is 1. The summed E-state index contributed by atoms with van der Waals surface area (Å²) in [6.45, 7) is 3.07. The van der Waals surface area contributed by atoms with E-state index in [1.165, 1.54) is 15.8 Å². The van der Waals surface area contributed by atoms with Gasteiger partial charge in [-0.15, -0.1) is 11.3 Å². The number of halogens is 1. The summed E-state index contributed by atoms with van der Waals surface area (Å²) in [6.07, 6.45) is 1.83. The van der Waals surface area contributed by atoms with Crippen LogP contribution in [0.5, 0.6) is 0 Å². The van der Waals surface area contributed by atoms with Crippen molar-refractivity contribution in [1.82, 2.24) is 10.3 Å². The van der Waals surface area contributed by atoms with Gasteiger partial charge >= 0.3 is 0 Å². The lowest BCUT2D eigenvalue weighted by atomic mass is 10.0. The Kier molecular flexibility index (Phi) is 4.15. The Labute approximate surface area is 131 Å². The Morgan fingerprint density at radius 1 is 1.30 bits per heavy atom. The van der Waals surface area contributed by atoms with Gasteiger partial charge in [-0.2, -0.15) is 0 Å². The van der Waals surface area contributed by atoms with E-state index in [0.29, 0.717) is 0 Å². The third-order valence-corrected chi connectivity index (χ3v) is 5.00. The molecule has 0 aliphatic rings. The van der Waals surface area contributed by atoms with Crippen LogP contribution >= 0.6 is 27.3 Å². The number of pyridine rings is 1. The van der Waals surface area contributed by atoms with Crippen LogP contribution in [0.3, 0.4) is 0 Å². The highest BCUT2D eigenvalue weighted by atomic mass is 79.9. The maximum absolute atomic E-state index is 4.38. The first-order valence-electron chi connectivity index (χ1n) is 6.60. The average Bonchev–Trinajstić information content (AvgIpc) is 2.90. The molecule has 0 amide bonds. The van der Waals surface area contributed by atoms with Crippen molar-refractivity contribution in [2.75, 3.05) is 6.54 Å². The van der Waals surface area contributed by atoms with Crippen molar-refractivity contribution in [2.45, 2.75) is 13.0 Å². The van der Waals surface area contributed by atoms with E-state index in [4.69, 9.17) is 0 Å². The summed E-state index contributed by atoms with van der Waals surface area (Å²) in [7, 11) is 0. The fourth-order valence-corrected chi connectivity index (χ4v) is 3.89. The van der Waals surface area contributed by atoms with Crippen LogP contribution in [0.25, 0.3) is 10.9 Å². The van der Waals surface area contributed by atoms with E-state index in [9.17, 15) is 0 Å². The van der Waals surface area contributed by atoms with Crippen LogP contribution in [0.1, 0.15) is 23.4 Å². The van der Waals surface area contributed by atoms with Gasteiger partial charge in [-0.05, 0) is 52.3 Å². The summed E-state index contributed by atoms with van der Waals surface area (Å²) >= 11 is 5.31. The highest BCUT2D eigenvalue weighted by Gasteiger charge is 2.15. The van der Waals surface area contributed by atoms with Crippen LogP contribution < -0.4 is 5.32 Å². The zero-order chi connectivity index (χ0) is 13.9. The van der Waals surface area contributed by atoms with Gasteiger partial charge in [0.15, 0.2) is 0 Å². The average molecular weight is 347 g/mol. The second-order valence-corrected chi connectivity index (χ2v) is 6.47. The zero-order valence-electron chi connectivity index (χ0n) is 11.1. The number of nitrogens with one attached hydrogen (secondary N) is 1. The molecule has 20 heavy (non-hydrogen) atoms. The Balaban J connectivity index is 2.04. The summed E-state index contributed by atoms with van der Waals surface area (Å²) in [6, 6.07) is 13.0. The molecule has 0 fully saturated rings. The molecule has 1 aromatic carbocycles. The van der Waals surface area contributed by atoms with Gasteiger partial charge < -0.3 is 5.32 Å². The molecule has 1 N–H and O–H groups in total. The molecule has 0 saturated heterocycles. The zero-order valence-corrected chi connectivity index (χ0v) is 13.5. The molecule has 0 radical (unpaired) electrons. The smallest absolute Gasteiger partial charge is 0.0702 e. The quantitative estimate of drug-likeness (QED) is 0.736. The second kappa shape index (κ2) is 6.04. The summed E-state index contributed by atoms with van der Waals surface area (Å²) in [5.41, 5.74) is 2.32. The van der Waals surface area contributed by atoms with Gasteiger partial charge in [0.2, 0.25) is 0 Å². The fourth-order valence-electron chi connectivity index (χ4n) is 2.34. The molecule has 0 spiro atoms. The minimum absolute atomic E-state index is 0.237. The molecular weight excluding hydrogens is 332 g/mol. The molecule has 0 aliphatic carbocycles. The van der Waals surface area contributed by atoms with Crippen LogP contribution in [0.15, 0.2) is 52.4 Å². The van der Waals surface area contributed by atoms with Gasteiger partial charge in [0.1, 0.15) is 0 Å². The predicted molar refractivity (Wildman–Crippen MR) is 89.3 cm³/mol. The molecule has 3 rings (SSSR count). The van der Waals surface area contributed by atoms with Crippen molar-refractivity contribution in [3.8, 4) is 0 Å². The van der Waals surface area contributed by atoms with E-state index in [1.807, 2.05) is 12.3 Å². The number of rotatable bonds is 4. The lowest BCUT2D eigenvalue weighted by Crippen LogP contribution is -2.21. The first kappa shape index (κ1) is 13.7. The second-order valence-electron chi connectivity index (χ2n) is 4.61. The van der Waals surface area contributed by atoms with Crippen LogP contribution in [-0.2, 0) is 0 Å². The SMILES string of the molecule is CCNC(c1ccc2ncccc2c1)c1cc(Br)cs1. The fraction of sp³-hybridized carbons (Fsp3) is 0.188. The van der Waals surface area contributed by atoms with Crippen molar-refractivity contribution in [3.63, 3.8) is 0 Å². The van der Waals surface area contributed by atoms with Crippen molar-refractivity contribution >= 4 is 38.2 Å². The summed E-state index contributed by atoms with van der Waals surface area (Å²) < 4.78 is 1.14. The number of nitrogens with zero attached hydrogens (tertiary/aromatic N) is 1. The topological polar surface area (TPSA) is 24.9 Å². The predicted octanol–water partition coefficient (Wildman–Crippen LogP) is 4.76. The van der Waals surface area contributed by atoms with Crippen LogP contribution in [-0.4, -0.2) is 11.5 Å². The molecular formula is C16H15BrN2S. The number of aromatic nitrogens is 1. The summed E-state index contributed by atoms with van der Waals surface area (Å²) in [4.78, 5) is 5.70. The van der Waals surface area contributed by atoms with E-state index in [1.54, 1.807) is 11.3 Å². The molecule has 0 saturated carbocycles. The number of fused-ring (bicyclic) bond motifs is 1. The van der Waals surface area contributed by atoms with Gasteiger partial charge in [0.05, 0.1) is 11.6 Å². The lowest BCUT2D eigenvalue weighted by molar-refractivity contribution is 0.640. The summed E-state index contributed by atoms with van der Waals surface area (Å²) in [5, 5.41) is 6.87. The molecule has 2 nitrogen and oxygen atoms in total. The normalized spacial score (nSPS) is 12.7. The lowest BCUT2D eigenvalue weighted by Gasteiger charge is -2.17. The third kappa shape index (κ3) is 2.77. The largest absolute Gasteiger partial charge is 0.306 e. The Hall–Kier alpha value is -1.23. The van der Waals surface area contributed by atoms with E-state index in [2.05, 4.69) is 68.9 Å². The van der Waals surface area contributed by atoms with Crippen molar-refractivity contribution in [3.05, 3.63) is 62.9 Å². The van der Waals surface area contributed by atoms with Crippen LogP contribution in [0.2, 0.25) is 0 Å². The summed E-state index contributed by atoms with van der Waals surface area (Å²) in [5.74, 6) is 0. The van der Waals surface area contributed by atoms with Crippen molar-refractivity contribution in [1.29, 1.82) is 0 Å². The third-order valence-electron chi connectivity index (χ3n) is 3.24. The van der Waals surface area contributed by atoms with Gasteiger partial charge in [-0.1, -0.05) is 19.1 Å². The van der Waals surface area contributed by atoms with Crippen LogP contribution in [0, 0.1) is 0 Å². The molecule has 2 heterocycles. The Morgan fingerprint density at radius 3 is 2.95 bits per heavy atom. The van der Waals surface area contributed by atoms with Crippen molar-refractivity contribution in [2.24, 2.45) is 0 Å². The first-order chi connectivity index (χ1) is 9.78. The van der Waals surface area contributed by atoms with E-state index < -0.39 is 0 Å². The molecule has 2 aromatic heterocycles. The van der Waals surface area contributed by atoms with Gasteiger partial charge in [-0.25, -0.2) is 0 Å². The molecule has 1 atom stereocenters. The van der Waals surface area contributed by atoms with Gasteiger partial charge in [0.25, 0.3) is 0 Å². The van der Waals surface area contributed by atoms with Crippen molar-refractivity contribution < 1.29 is 0 Å². The van der Waals surface area contributed by atoms with E-state index in [0.717, 1.165) is 16.5 Å². The molecule has 4 heteroatoms. The maximum atomic E-state index is 4.38. The van der Waals surface area contributed by atoms with Crippen LogP contribution in [0.4, 0.5) is 0 Å². The highest BCUT2D eigenvalue weighted by molar-refractivity contribution is 9.10. The first-order valence-corrected chi connectivity index (χ1v) is 8.27. The van der Waals surface area contributed by atoms with Gasteiger partial charge in [-0.3, -0.25) is 4.98 Å². The van der Waals surface area contributed by atoms with E-state index in [-0.39, 0.29) is 6.04 Å². The number of benzene rings is 1. The highest BCUT2D eigenvalue weighted by Crippen LogP contribution is 2.31. The minimum Gasteiger partial charge on any atom is -0.306 e. The number of hydrogen-bond donors (Lipinski definition) is 1. The molecule has 0 aliphatic heterocycles. The number of hydrogen-bond acceptors (Lipinski definition) is 3. The van der Waals surface area contributed by atoms with E-state index >= 15 is 0 Å². The molecule has 1 unspecified atom stereocenters. The molecule has 3 aromatic rings. The minimum atomic E-state index is 0.237. The standard InChI is InChI=1S/C16H15BrN2S/c1-2-18-16(15-9-13(17)10-20-15)12-5-6-14-11(8-12)4-3-7-19-14/h3-10,16,18H,2H2,1H3. The monoisotopic (exact) mass is 346 g/mol.